The van der Waals surface area contributed by atoms with Gasteiger partial charge in [0.1, 0.15) is 0 Å². The molecule has 0 heterocycles. The topological polar surface area (TPSA) is 54.4 Å². The van der Waals surface area contributed by atoms with Crippen molar-refractivity contribution in [1.82, 2.24) is 0 Å². The van der Waals surface area contributed by atoms with Gasteiger partial charge in [0.15, 0.2) is 5.12 Å². The van der Waals surface area contributed by atoms with Crippen LogP contribution in [0.3, 0.4) is 0 Å². The van der Waals surface area contributed by atoms with E-state index in [0.717, 1.165) is 6.42 Å². The number of carbonyl (C=O) groups is 2. The summed E-state index contributed by atoms with van der Waals surface area (Å²) in [6, 6.07) is 4.87. The number of carbonyl (C=O) groups excluding carboxylic acids is 1. The Morgan fingerprint density at radius 3 is 2.78 bits per heavy atom. The van der Waals surface area contributed by atoms with Gasteiger partial charge in [0, 0.05) is 12.7 Å². The highest BCUT2D eigenvalue weighted by molar-refractivity contribution is 8.13. The van der Waals surface area contributed by atoms with E-state index in [1.54, 1.807) is 18.2 Å². The monoisotopic (exact) mass is 284 g/mol. The first kappa shape index (κ1) is 14.8. The first-order chi connectivity index (χ1) is 8.52. The Bertz CT molecular complexity index is 483. The average molecular weight is 285 g/mol. The SMILES string of the molecule is CC(=O)SCCC=Cc1cccc(C(=O)O)c1Cl. The Kier molecular flexibility index (Phi) is 5.95. The molecule has 5 heteroatoms. The van der Waals surface area contributed by atoms with Gasteiger partial charge >= 0.3 is 5.97 Å². The van der Waals surface area contributed by atoms with Gasteiger partial charge < -0.3 is 5.11 Å². The molecule has 0 fully saturated rings. The van der Waals surface area contributed by atoms with E-state index in [-0.39, 0.29) is 15.7 Å². The van der Waals surface area contributed by atoms with Crippen LogP contribution in [0.1, 0.15) is 29.3 Å². The molecule has 1 N–H and O–H groups in total. The van der Waals surface area contributed by atoms with Crippen molar-refractivity contribution < 1.29 is 14.7 Å². The van der Waals surface area contributed by atoms with Crippen molar-refractivity contribution in [3.05, 3.63) is 40.4 Å². The molecule has 0 aromatic heterocycles. The first-order valence-corrected chi connectivity index (χ1v) is 6.70. The molecule has 0 aliphatic rings. The van der Waals surface area contributed by atoms with Crippen LogP contribution >= 0.6 is 23.4 Å². The second-order valence-electron chi connectivity index (χ2n) is 3.55. The summed E-state index contributed by atoms with van der Waals surface area (Å²) in [7, 11) is 0. The number of thioether (sulfide) groups is 1. The fourth-order valence-electron chi connectivity index (χ4n) is 1.32. The number of benzene rings is 1. The maximum Gasteiger partial charge on any atom is 0.337 e. The van der Waals surface area contributed by atoms with Gasteiger partial charge in [-0.2, -0.15) is 0 Å². The molecule has 18 heavy (non-hydrogen) atoms. The summed E-state index contributed by atoms with van der Waals surface area (Å²) in [5.41, 5.74) is 0.765. The minimum atomic E-state index is -1.04. The summed E-state index contributed by atoms with van der Waals surface area (Å²) in [4.78, 5) is 21.6. The number of carboxylic acids is 1. The Morgan fingerprint density at radius 1 is 1.44 bits per heavy atom. The van der Waals surface area contributed by atoms with Gasteiger partial charge in [-0.1, -0.05) is 47.6 Å². The third kappa shape index (κ3) is 4.55. The van der Waals surface area contributed by atoms with Crippen LogP contribution in [0.5, 0.6) is 0 Å². The van der Waals surface area contributed by atoms with E-state index in [9.17, 15) is 9.59 Å². The second-order valence-corrected chi connectivity index (χ2v) is 5.19. The lowest BCUT2D eigenvalue weighted by atomic mass is 10.1. The lowest BCUT2D eigenvalue weighted by Crippen LogP contribution is -1.97. The number of hydrogen-bond donors (Lipinski definition) is 1. The van der Waals surface area contributed by atoms with E-state index in [0.29, 0.717) is 11.3 Å². The molecule has 0 radical (unpaired) electrons. The van der Waals surface area contributed by atoms with Crippen LogP contribution in [0, 0.1) is 0 Å². The lowest BCUT2D eigenvalue weighted by molar-refractivity contribution is -0.109. The minimum Gasteiger partial charge on any atom is -0.478 e. The zero-order valence-corrected chi connectivity index (χ0v) is 11.4. The smallest absolute Gasteiger partial charge is 0.337 e. The van der Waals surface area contributed by atoms with Crippen molar-refractivity contribution >= 4 is 40.5 Å². The number of allylic oxidation sites excluding steroid dienone is 1. The third-order valence-corrected chi connectivity index (χ3v) is 3.41. The van der Waals surface area contributed by atoms with Crippen molar-refractivity contribution in [3.8, 4) is 0 Å². The molecule has 0 amide bonds. The molecule has 0 bridgehead atoms. The molecule has 0 saturated carbocycles. The van der Waals surface area contributed by atoms with E-state index in [2.05, 4.69) is 0 Å². The highest BCUT2D eigenvalue weighted by atomic mass is 35.5. The van der Waals surface area contributed by atoms with Crippen molar-refractivity contribution in [3.63, 3.8) is 0 Å². The first-order valence-electron chi connectivity index (χ1n) is 5.34. The molecule has 96 valence electrons. The van der Waals surface area contributed by atoms with E-state index in [4.69, 9.17) is 16.7 Å². The number of carboxylic acid groups (broad SMARTS) is 1. The molecule has 0 aliphatic carbocycles. The number of halogens is 1. The maximum atomic E-state index is 10.9. The highest BCUT2D eigenvalue weighted by Gasteiger charge is 2.09. The van der Waals surface area contributed by atoms with Gasteiger partial charge in [0.2, 0.25) is 0 Å². The molecule has 0 unspecified atom stereocenters. The Hall–Kier alpha value is -1.26. The predicted molar refractivity (Wildman–Crippen MR) is 75.2 cm³/mol. The summed E-state index contributed by atoms with van der Waals surface area (Å²) in [5.74, 6) is -0.329. The predicted octanol–water partition coefficient (Wildman–Crippen LogP) is 3.72. The molecule has 3 nitrogen and oxygen atoms in total. The second kappa shape index (κ2) is 7.24. The van der Waals surface area contributed by atoms with Gasteiger partial charge in [0.05, 0.1) is 10.6 Å². The zero-order chi connectivity index (χ0) is 13.5. The summed E-state index contributed by atoms with van der Waals surface area (Å²) in [5, 5.41) is 9.24. The van der Waals surface area contributed by atoms with Crippen molar-refractivity contribution in [2.24, 2.45) is 0 Å². The van der Waals surface area contributed by atoms with E-state index < -0.39 is 5.97 Å². The molecule has 1 aromatic rings. The van der Waals surface area contributed by atoms with Gasteiger partial charge in [-0.15, -0.1) is 0 Å². The van der Waals surface area contributed by atoms with E-state index >= 15 is 0 Å². The van der Waals surface area contributed by atoms with Crippen LogP contribution in [-0.2, 0) is 4.79 Å². The molecule has 0 spiro atoms. The van der Waals surface area contributed by atoms with E-state index in [1.807, 2.05) is 6.08 Å². The fraction of sp³-hybridized carbons (Fsp3) is 0.231. The fourth-order valence-corrected chi connectivity index (χ4v) is 2.14. The minimum absolute atomic E-state index is 0.0920. The largest absolute Gasteiger partial charge is 0.478 e. The van der Waals surface area contributed by atoms with Crippen LogP contribution in [0.2, 0.25) is 5.02 Å². The van der Waals surface area contributed by atoms with Gasteiger partial charge in [0.25, 0.3) is 0 Å². The number of hydrogen-bond acceptors (Lipinski definition) is 3. The Balaban J connectivity index is 2.67. The van der Waals surface area contributed by atoms with Gasteiger partial charge in [-0.3, -0.25) is 4.79 Å². The van der Waals surface area contributed by atoms with Gasteiger partial charge in [-0.05, 0) is 18.1 Å². The molecular weight excluding hydrogens is 272 g/mol. The molecular formula is C13H13ClO3S. The Morgan fingerprint density at radius 2 is 2.17 bits per heavy atom. The lowest BCUT2D eigenvalue weighted by Gasteiger charge is -2.02. The molecule has 1 aromatic carbocycles. The van der Waals surface area contributed by atoms with Crippen LogP contribution in [0.4, 0.5) is 0 Å². The third-order valence-electron chi connectivity index (χ3n) is 2.15. The summed E-state index contributed by atoms with van der Waals surface area (Å²) < 4.78 is 0. The van der Waals surface area contributed by atoms with Crippen LogP contribution in [0.25, 0.3) is 6.08 Å². The highest BCUT2D eigenvalue weighted by Crippen LogP contribution is 2.22. The normalized spacial score (nSPS) is 10.8. The van der Waals surface area contributed by atoms with Crippen molar-refractivity contribution in [2.45, 2.75) is 13.3 Å². The molecule has 0 atom stereocenters. The molecule has 1 rings (SSSR count). The number of rotatable bonds is 5. The van der Waals surface area contributed by atoms with Crippen LogP contribution in [-0.4, -0.2) is 21.9 Å². The summed E-state index contributed by atoms with van der Waals surface area (Å²) in [6.45, 7) is 1.53. The zero-order valence-electron chi connectivity index (χ0n) is 9.85. The quantitative estimate of drug-likeness (QED) is 0.837. The van der Waals surface area contributed by atoms with Gasteiger partial charge in [-0.25, -0.2) is 4.79 Å². The summed E-state index contributed by atoms with van der Waals surface area (Å²) in [6.07, 6.45) is 4.39. The summed E-state index contributed by atoms with van der Waals surface area (Å²) >= 11 is 7.24. The van der Waals surface area contributed by atoms with Crippen LogP contribution < -0.4 is 0 Å². The molecule has 0 saturated heterocycles. The molecule has 0 aliphatic heterocycles. The van der Waals surface area contributed by atoms with Crippen LogP contribution in [0.15, 0.2) is 24.3 Å². The Labute approximate surface area is 115 Å². The standard InChI is InChI=1S/C13H13ClO3S/c1-9(15)18-8-3-2-5-10-6-4-7-11(12(10)14)13(16)17/h2,4-7H,3,8H2,1H3,(H,16,17). The maximum absolute atomic E-state index is 10.9. The van der Waals surface area contributed by atoms with Crippen molar-refractivity contribution in [2.75, 3.05) is 5.75 Å². The number of aromatic carboxylic acids is 1. The average Bonchev–Trinajstić information content (AvgIpc) is 2.30. The van der Waals surface area contributed by atoms with E-state index in [1.165, 1.54) is 24.8 Å². The van der Waals surface area contributed by atoms with Crippen molar-refractivity contribution in [1.29, 1.82) is 0 Å².